The van der Waals surface area contributed by atoms with Gasteiger partial charge in [-0.3, -0.25) is 0 Å². The van der Waals surface area contributed by atoms with E-state index in [0.29, 0.717) is 0 Å². The molecular formula is C48H108O12P4Pd. The van der Waals surface area contributed by atoms with Gasteiger partial charge in [0.1, 0.15) is 0 Å². The first-order valence-corrected chi connectivity index (χ1v) is 30.5. The molecule has 17 heteroatoms. The molecule has 65 heavy (non-hydrogen) atoms. The van der Waals surface area contributed by atoms with Gasteiger partial charge in [0.15, 0.2) is 0 Å². The van der Waals surface area contributed by atoms with Gasteiger partial charge in [-0.05, 0) is 77.0 Å². The topological polar surface area (TPSA) is 111 Å². The van der Waals surface area contributed by atoms with E-state index in [9.17, 15) is 0 Å². The molecule has 0 unspecified atom stereocenters. The van der Waals surface area contributed by atoms with E-state index < -0.39 is 34.4 Å². The molecule has 0 fully saturated rings. The van der Waals surface area contributed by atoms with Gasteiger partial charge in [0.05, 0.1) is 79.3 Å². The third kappa shape index (κ3) is 70.2. The normalized spacial score (nSPS) is 11.1. The van der Waals surface area contributed by atoms with Crippen molar-refractivity contribution in [3.63, 3.8) is 0 Å². The zero-order chi connectivity index (χ0) is 48.3. The van der Waals surface area contributed by atoms with Crippen LogP contribution in [0.15, 0.2) is 0 Å². The Balaban J connectivity index is -0.000000245. The maximum atomic E-state index is 5.60. The monoisotopic (exact) mass is 1110 g/mol. The van der Waals surface area contributed by atoms with Gasteiger partial charge < -0.3 is 54.3 Å². The summed E-state index contributed by atoms with van der Waals surface area (Å²) in [7, 11) is -4.38. The molecule has 402 valence electrons. The molecule has 0 amide bonds. The van der Waals surface area contributed by atoms with Crippen molar-refractivity contribution < 1.29 is 74.7 Å². The molecule has 0 aliphatic carbocycles. The van der Waals surface area contributed by atoms with Crippen molar-refractivity contribution in [3.8, 4) is 0 Å². The van der Waals surface area contributed by atoms with Gasteiger partial charge in [-0.15, -0.1) is 0 Å². The minimum absolute atomic E-state index is 0. The summed E-state index contributed by atoms with van der Waals surface area (Å²) in [5.41, 5.74) is 0. The van der Waals surface area contributed by atoms with Gasteiger partial charge >= 0.3 is 34.4 Å². The minimum Gasteiger partial charge on any atom is -0.312 e. The fourth-order valence-corrected chi connectivity index (χ4v) is 8.08. The molecule has 0 bridgehead atoms. The number of unbranched alkanes of at least 4 members (excludes halogenated alkanes) is 12. The average Bonchev–Trinajstić information content (AvgIpc) is 3.30. The SMILES string of the molecule is CCCCOP(OCCCC)OCCCC.CCCCOP(OCCCC)OCCCC.CCCCOP(OCCCC)OCCCC.CCCCOP(OCCCC)OCCCC.[Pd]. The molecule has 0 heterocycles. The summed E-state index contributed by atoms with van der Waals surface area (Å²) < 4.78 is 67.2. The fraction of sp³-hybridized carbons (Fsp3) is 1.00. The van der Waals surface area contributed by atoms with E-state index in [1.54, 1.807) is 0 Å². The van der Waals surface area contributed by atoms with Crippen molar-refractivity contribution >= 4 is 34.4 Å². The second-order valence-electron chi connectivity index (χ2n) is 15.1. The second-order valence-corrected chi connectivity index (χ2v) is 20.0. The number of hydrogen-bond acceptors (Lipinski definition) is 12. The molecule has 0 N–H and O–H groups in total. The number of hydrogen-bond donors (Lipinski definition) is 0. The van der Waals surface area contributed by atoms with Crippen LogP contribution >= 0.6 is 34.4 Å². The Labute approximate surface area is 423 Å². The largest absolute Gasteiger partial charge is 0.332 e. The van der Waals surface area contributed by atoms with Crippen LogP contribution in [-0.4, -0.2) is 79.3 Å². The Morgan fingerprint density at radius 3 is 0.308 bits per heavy atom. The van der Waals surface area contributed by atoms with E-state index in [-0.39, 0.29) is 20.4 Å². The first kappa shape index (κ1) is 75.8. The van der Waals surface area contributed by atoms with Crippen molar-refractivity contribution in [1.82, 2.24) is 0 Å². The molecule has 0 aromatic heterocycles. The van der Waals surface area contributed by atoms with E-state index in [2.05, 4.69) is 83.1 Å². The molecule has 0 spiro atoms. The van der Waals surface area contributed by atoms with Gasteiger partial charge in [0.25, 0.3) is 0 Å². The fourth-order valence-electron chi connectivity index (χ4n) is 3.85. The van der Waals surface area contributed by atoms with Crippen LogP contribution in [0.3, 0.4) is 0 Å². The quantitative estimate of drug-likeness (QED) is 0.0329. The third-order valence-corrected chi connectivity index (χ3v) is 13.1. The van der Waals surface area contributed by atoms with Gasteiger partial charge in [0.2, 0.25) is 0 Å². The Morgan fingerprint density at radius 1 is 0.169 bits per heavy atom. The van der Waals surface area contributed by atoms with Gasteiger partial charge in [0, 0.05) is 20.4 Å². The molecule has 0 saturated heterocycles. The smallest absolute Gasteiger partial charge is 0.312 e. The van der Waals surface area contributed by atoms with E-state index in [1.165, 1.54) is 0 Å². The van der Waals surface area contributed by atoms with Gasteiger partial charge in [-0.25, -0.2) is 0 Å². The minimum atomic E-state index is -1.10. The molecule has 12 nitrogen and oxygen atoms in total. The summed E-state index contributed by atoms with van der Waals surface area (Å²) in [6.07, 6.45) is 26.7. The predicted octanol–water partition coefficient (Wildman–Crippen LogP) is 18.7. The second kappa shape index (κ2) is 72.4. The van der Waals surface area contributed by atoms with Crippen LogP contribution in [0, 0.1) is 0 Å². The maximum absolute atomic E-state index is 5.60. The summed E-state index contributed by atoms with van der Waals surface area (Å²) in [4.78, 5) is 0. The summed E-state index contributed by atoms with van der Waals surface area (Å²) in [6, 6.07) is 0. The first-order valence-electron chi connectivity index (χ1n) is 26.1. The Kier molecular flexibility index (Phi) is 84.5. The zero-order valence-corrected chi connectivity index (χ0v) is 49.6. The van der Waals surface area contributed by atoms with Crippen molar-refractivity contribution in [2.24, 2.45) is 0 Å². The predicted molar refractivity (Wildman–Crippen MR) is 278 cm³/mol. The molecule has 0 aliphatic heterocycles. The van der Waals surface area contributed by atoms with E-state index in [4.69, 9.17) is 54.3 Å². The molecular weight excluding hydrogens is 999 g/mol. The summed E-state index contributed by atoms with van der Waals surface area (Å²) in [5, 5.41) is 0. The molecule has 0 aromatic rings. The van der Waals surface area contributed by atoms with E-state index in [1.807, 2.05) is 0 Å². The van der Waals surface area contributed by atoms with Crippen LogP contribution in [0.2, 0.25) is 0 Å². The van der Waals surface area contributed by atoms with Crippen LogP contribution in [0.25, 0.3) is 0 Å². The first-order chi connectivity index (χ1) is 31.4. The summed E-state index contributed by atoms with van der Waals surface area (Å²) in [6.45, 7) is 34.9. The van der Waals surface area contributed by atoms with Crippen molar-refractivity contribution in [1.29, 1.82) is 0 Å². The molecule has 0 aliphatic rings. The van der Waals surface area contributed by atoms with Crippen LogP contribution in [0.4, 0.5) is 0 Å². The van der Waals surface area contributed by atoms with Crippen LogP contribution in [-0.2, 0) is 74.7 Å². The molecule has 0 aromatic carbocycles. The van der Waals surface area contributed by atoms with Crippen LogP contribution in [0.1, 0.15) is 237 Å². The van der Waals surface area contributed by atoms with E-state index >= 15 is 0 Å². The van der Waals surface area contributed by atoms with Crippen molar-refractivity contribution in [3.05, 3.63) is 0 Å². The van der Waals surface area contributed by atoms with Crippen molar-refractivity contribution in [2.75, 3.05) is 79.3 Å². The molecule has 0 rings (SSSR count). The Bertz CT molecular complexity index is 566. The average molecular weight is 1110 g/mol. The van der Waals surface area contributed by atoms with Crippen LogP contribution in [0.5, 0.6) is 0 Å². The van der Waals surface area contributed by atoms with Gasteiger partial charge in [-0.1, -0.05) is 160 Å². The van der Waals surface area contributed by atoms with Crippen LogP contribution < -0.4 is 0 Å². The Morgan fingerprint density at radius 2 is 0.246 bits per heavy atom. The maximum Gasteiger partial charge on any atom is 0.332 e. The summed E-state index contributed by atoms with van der Waals surface area (Å²) in [5.74, 6) is 0. The number of rotatable bonds is 48. The Hall–Kier alpha value is 1.90. The van der Waals surface area contributed by atoms with E-state index in [0.717, 1.165) is 233 Å². The summed E-state index contributed by atoms with van der Waals surface area (Å²) >= 11 is 0. The zero-order valence-electron chi connectivity index (χ0n) is 44.5. The van der Waals surface area contributed by atoms with Gasteiger partial charge in [-0.2, -0.15) is 0 Å². The molecule has 0 atom stereocenters. The standard InChI is InChI=1S/4C12H27O3P.Pd/c4*1-4-7-10-13-16(14-11-8-5-2)15-12-9-6-3;/h4*4-12H2,1-3H3;. The molecule has 0 saturated carbocycles. The van der Waals surface area contributed by atoms with Crippen molar-refractivity contribution in [2.45, 2.75) is 237 Å². The molecule has 0 radical (unpaired) electrons. The third-order valence-electron chi connectivity index (χ3n) is 8.34.